The number of hydrogen-bond donors (Lipinski definition) is 0. The second kappa shape index (κ2) is 13.6. The first-order valence-corrected chi connectivity index (χ1v) is 17.6. The molecule has 0 aliphatic rings. The predicted molar refractivity (Wildman–Crippen MR) is 191 cm³/mol. The Balaban J connectivity index is 0.000000120. The highest BCUT2D eigenvalue weighted by molar-refractivity contribution is 7.37. The van der Waals surface area contributed by atoms with Crippen LogP contribution in [0.2, 0.25) is 0 Å². The van der Waals surface area contributed by atoms with Crippen LogP contribution in [0.3, 0.4) is 0 Å². The van der Waals surface area contributed by atoms with Crippen molar-refractivity contribution in [3.8, 4) is 0 Å². The number of rotatable bonds is 0. The second-order valence-electron chi connectivity index (χ2n) is 10.1. The zero-order chi connectivity index (χ0) is 30.8. The first-order chi connectivity index (χ1) is 22.1. The van der Waals surface area contributed by atoms with Gasteiger partial charge in [-0.15, -0.1) is 0 Å². The molecule has 6 nitrogen and oxygen atoms in total. The SMILES string of the molecule is C.O=[p+]1oc2ccccc2c2ccccc21.O=[p+]1oc2ccccc2c2ccccc21.O=[p+]1oc2ccccc2c2ccccc21. The molecule has 6 aromatic carbocycles. The summed E-state index contributed by atoms with van der Waals surface area (Å²) in [7, 11) is -5.23. The summed E-state index contributed by atoms with van der Waals surface area (Å²) in [6, 6.07) is 46.0. The molecule has 3 atom stereocenters. The lowest BCUT2D eigenvalue weighted by Gasteiger charge is -1.94. The summed E-state index contributed by atoms with van der Waals surface area (Å²) in [6.07, 6.45) is 0. The van der Waals surface area contributed by atoms with Gasteiger partial charge in [0, 0.05) is 32.3 Å². The summed E-state index contributed by atoms with van der Waals surface area (Å²) in [5.41, 5.74) is 2.12. The third kappa shape index (κ3) is 5.99. The molecule has 3 aromatic heterocycles. The third-order valence-electron chi connectivity index (χ3n) is 7.38. The molecule has 0 radical (unpaired) electrons. The van der Waals surface area contributed by atoms with E-state index >= 15 is 0 Å². The molecule has 9 aromatic rings. The van der Waals surface area contributed by atoms with Crippen molar-refractivity contribution in [2.45, 2.75) is 7.43 Å². The smallest absolute Gasteiger partial charge is 0.250 e. The Morgan fingerprint density at radius 1 is 0.304 bits per heavy atom. The van der Waals surface area contributed by atoms with Gasteiger partial charge >= 0.3 is 23.0 Å². The molecule has 0 fully saturated rings. The number of fused-ring (bicyclic) bond motifs is 9. The quantitative estimate of drug-likeness (QED) is 0.150. The maximum atomic E-state index is 11.8. The van der Waals surface area contributed by atoms with Crippen molar-refractivity contribution in [1.29, 1.82) is 0 Å². The summed E-state index contributed by atoms with van der Waals surface area (Å²) in [5, 5.41) is 8.44. The van der Waals surface area contributed by atoms with Crippen LogP contribution in [0.1, 0.15) is 7.43 Å². The van der Waals surface area contributed by atoms with Crippen molar-refractivity contribution in [3.05, 3.63) is 146 Å². The average molecular weight is 662 g/mol. The van der Waals surface area contributed by atoms with E-state index in [0.29, 0.717) is 16.7 Å². The molecule has 0 bridgehead atoms. The van der Waals surface area contributed by atoms with Crippen LogP contribution in [-0.4, -0.2) is 0 Å². The maximum absolute atomic E-state index is 11.8. The zero-order valence-corrected chi connectivity index (χ0v) is 26.3. The van der Waals surface area contributed by atoms with Crippen molar-refractivity contribution in [3.63, 3.8) is 0 Å². The van der Waals surface area contributed by atoms with Crippen molar-refractivity contribution < 1.29 is 26.3 Å². The van der Waals surface area contributed by atoms with E-state index in [1.54, 1.807) is 0 Å². The van der Waals surface area contributed by atoms with Crippen LogP contribution in [0.25, 0.3) is 64.4 Å². The summed E-state index contributed by atoms with van der Waals surface area (Å²) in [6.45, 7) is 0. The first-order valence-electron chi connectivity index (χ1n) is 14.1. The van der Waals surface area contributed by atoms with E-state index in [0.717, 1.165) is 47.7 Å². The Morgan fingerprint density at radius 2 is 0.522 bits per heavy atom. The van der Waals surface area contributed by atoms with Gasteiger partial charge < -0.3 is 0 Å². The van der Waals surface area contributed by atoms with Crippen molar-refractivity contribution >= 4 is 87.4 Å². The van der Waals surface area contributed by atoms with Gasteiger partial charge in [-0.1, -0.05) is 98.4 Å². The predicted octanol–water partition coefficient (Wildman–Crippen LogP) is 13.6. The second-order valence-corrected chi connectivity index (χ2v) is 13.6. The molecule has 0 aliphatic carbocycles. The molecule has 0 saturated heterocycles. The highest BCUT2D eigenvalue weighted by Gasteiger charge is 2.16. The van der Waals surface area contributed by atoms with Gasteiger partial charge in [-0.25, -0.2) is 12.6 Å². The summed E-state index contributed by atoms with van der Waals surface area (Å²) >= 11 is 0. The summed E-state index contributed by atoms with van der Waals surface area (Å²) < 4.78 is 51.4. The van der Waals surface area contributed by atoms with Gasteiger partial charge in [0.05, 0.1) is 0 Å². The Morgan fingerprint density at radius 3 is 0.804 bits per heavy atom. The zero-order valence-electron chi connectivity index (χ0n) is 23.6. The first kappa shape index (κ1) is 31.0. The van der Waals surface area contributed by atoms with Crippen LogP contribution in [0.5, 0.6) is 0 Å². The van der Waals surface area contributed by atoms with E-state index in [1.165, 1.54) is 0 Å². The van der Waals surface area contributed by atoms with Gasteiger partial charge in [0.15, 0.2) is 16.7 Å². The van der Waals surface area contributed by atoms with Gasteiger partial charge in [-0.3, -0.25) is 0 Å². The van der Waals surface area contributed by atoms with Crippen LogP contribution in [0, 0.1) is 0 Å². The largest absolute Gasteiger partial charge is 0.597 e. The maximum Gasteiger partial charge on any atom is 0.597 e. The minimum absolute atomic E-state index is 0. The Hall–Kier alpha value is -4.98. The minimum atomic E-state index is -1.74. The average Bonchev–Trinajstić information content (AvgIpc) is 3.09. The molecule has 224 valence electrons. The van der Waals surface area contributed by atoms with E-state index in [-0.39, 0.29) is 7.43 Å². The summed E-state index contributed by atoms with van der Waals surface area (Å²) in [5.74, 6) is 0. The highest BCUT2D eigenvalue weighted by Crippen LogP contribution is 2.36. The molecule has 9 heteroatoms. The Bertz CT molecular complexity index is 2400. The fourth-order valence-electron chi connectivity index (χ4n) is 5.30. The van der Waals surface area contributed by atoms with E-state index in [1.807, 2.05) is 146 Å². The highest BCUT2D eigenvalue weighted by atomic mass is 31.1. The number of hydrogen-bond acceptors (Lipinski definition) is 6. The van der Waals surface area contributed by atoms with Gasteiger partial charge in [-0.2, -0.15) is 0 Å². The van der Waals surface area contributed by atoms with Crippen LogP contribution < -0.4 is 0 Å². The molecule has 3 heterocycles. The van der Waals surface area contributed by atoms with E-state index in [2.05, 4.69) is 0 Å². The molecular weight excluding hydrogens is 633 g/mol. The van der Waals surface area contributed by atoms with Crippen LogP contribution in [-0.2, 0) is 13.7 Å². The Labute approximate surface area is 266 Å². The third-order valence-corrected chi connectivity index (χ3v) is 10.8. The van der Waals surface area contributed by atoms with E-state index < -0.39 is 23.0 Å². The van der Waals surface area contributed by atoms with E-state index in [4.69, 9.17) is 12.6 Å². The number of benzene rings is 6. The van der Waals surface area contributed by atoms with Crippen molar-refractivity contribution in [1.82, 2.24) is 0 Å². The molecule has 46 heavy (non-hydrogen) atoms. The Kier molecular flexibility index (Phi) is 9.15. The topological polar surface area (TPSA) is 90.6 Å². The standard InChI is InChI=1S/3C12H8O2P.CH4/c3*13-15-12-8-4-2-6-10(12)9-5-1-3-7-11(9)14-15;/h3*1-8H;1H4/q3*+1;. The molecule has 0 aliphatic heterocycles. The van der Waals surface area contributed by atoms with Crippen LogP contribution in [0.15, 0.2) is 158 Å². The molecule has 0 saturated carbocycles. The normalized spacial score (nSPS) is 11.9. The lowest BCUT2D eigenvalue weighted by atomic mass is 10.1. The van der Waals surface area contributed by atoms with Gasteiger partial charge in [0.2, 0.25) is 15.4 Å². The lowest BCUT2D eigenvalue weighted by Crippen LogP contribution is -1.73. The lowest BCUT2D eigenvalue weighted by molar-refractivity contribution is 0.562. The van der Waals surface area contributed by atoms with Gasteiger partial charge in [0.1, 0.15) is 0 Å². The van der Waals surface area contributed by atoms with Crippen LogP contribution in [0.4, 0.5) is 0 Å². The van der Waals surface area contributed by atoms with Crippen molar-refractivity contribution in [2.75, 3.05) is 0 Å². The molecule has 0 N–H and O–H groups in total. The van der Waals surface area contributed by atoms with Crippen molar-refractivity contribution in [2.24, 2.45) is 0 Å². The number of para-hydroxylation sites is 3. The molecule has 0 spiro atoms. The van der Waals surface area contributed by atoms with Crippen LogP contribution >= 0.6 is 23.0 Å². The monoisotopic (exact) mass is 661 g/mol. The fourth-order valence-corrected chi connectivity index (χ4v) is 8.41. The molecule has 3 unspecified atom stereocenters. The van der Waals surface area contributed by atoms with Gasteiger partial charge in [-0.05, 0) is 68.3 Å². The fraction of sp³-hybridized carbons (Fsp3) is 0.0270. The molecule has 0 amide bonds. The van der Waals surface area contributed by atoms with Gasteiger partial charge in [0.25, 0.3) is 0 Å². The summed E-state index contributed by atoms with van der Waals surface area (Å²) in [4.78, 5) is 0. The molecule has 9 rings (SSSR count). The molecular formula is C37H28O6P3+3. The minimum Gasteiger partial charge on any atom is -0.250 e. The van der Waals surface area contributed by atoms with E-state index in [9.17, 15) is 13.7 Å².